The lowest BCUT2D eigenvalue weighted by Gasteiger charge is -2.06. The van der Waals surface area contributed by atoms with E-state index in [0.717, 1.165) is 16.8 Å². The molecule has 4 heteroatoms. The predicted octanol–water partition coefficient (Wildman–Crippen LogP) is 2.15. The van der Waals surface area contributed by atoms with Crippen molar-refractivity contribution in [3.8, 4) is 0 Å². The summed E-state index contributed by atoms with van der Waals surface area (Å²) in [5.41, 5.74) is 3.10. The molecule has 0 aliphatic rings. The highest BCUT2D eigenvalue weighted by Gasteiger charge is 2.00. The van der Waals surface area contributed by atoms with Gasteiger partial charge in [0.05, 0.1) is 0 Å². The summed E-state index contributed by atoms with van der Waals surface area (Å²) >= 11 is 0. The molecule has 1 aromatic carbocycles. The molecule has 0 unspecified atom stereocenters. The molecular weight excluding hydrogens is 205 g/mol. The standard InChI is InChI=1S/C12H14FN3/c1-9-2-3-11(13)6-10(9)7-14-8-12-4-5-15-16-12/h2-6,14H,7-8H2,1H3,(H,15,16). The van der Waals surface area contributed by atoms with Gasteiger partial charge >= 0.3 is 0 Å². The highest BCUT2D eigenvalue weighted by molar-refractivity contribution is 5.26. The minimum Gasteiger partial charge on any atom is -0.307 e. The van der Waals surface area contributed by atoms with Crippen molar-refractivity contribution in [2.24, 2.45) is 0 Å². The first-order valence-corrected chi connectivity index (χ1v) is 5.20. The molecule has 2 rings (SSSR count). The van der Waals surface area contributed by atoms with Crippen LogP contribution in [0.5, 0.6) is 0 Å². The normalized spacial score (nSPS) is 10.6. The van der Waals surface area contributed by atoms with Gasteiger partial charge < -0.3 is 5.32 Å². The third-order valence-electron chi connectivity index (χ3n) is 2.50. The van der Waals surface area contributed by atoms with E-state index in [9.17, 15) is 4.39 Å². The third kappa shape index (κ3) is 2.67. The summed E-state index contributed by atoms with van der Waals surface area (Å²) in [6, 6.07) is 6.75. The van der Waals surface area contributed by atoms with Crippen LogP contribution < -0.4 is 5.32 Å². The van der Waals surface area contributed by atoms with Crippen molar-refractivity contribution in [2.75, 3.05) is 0 Å². The Bertz CT molecular complexity index is 451. The predicted molar refractivity (Wildman–Crippen MR) is 60.3 cm³/mol. The molecule has 2 aromatic rings. The minimum atomic E-state index is -0.191. The van der Waals surface area contributed by atoms with Gasteiger partial charge in [0, 0.05) is 25.0 Å². The second-order valence-corrected chi connectivity index (χ2v) is 3.76. The Balaban J connectivity index is 1.92. The van der Waals surface area contributed by atoms with Gasteiger partial charge in [-0.2, -0.15) is 5.10 Å². The van der Waals surface area contributed by atoms with Crippen molar-refractivity contribution in [2.45, 2.75) is 20.0 Å². The molecule has 0 aliphatic carbocycles. The maximum atomic E-state index is 13.0. The number of hydrogen-bond acceptors (Lipinski definition) is 2. The van der Waals surface area contributed by atoms with Crippen molar-refractivity contribution in [3.63, 3.8) is 0 Å². The van der Waals surface area contributed by atoms with Crippen LogP contribution >= 0.6 is 0 Å². The van der Waals surface area contributed by atoms with Crippen LogP contribution in [-0.4, -0.2) is 10.2 Å². The molecule has 1 heterocycles. The van der Waals surface area contributed by atoms with Gasteiger partial charge in [-0.1, -0.05) is 6.07 Å². The number of nitrogens with one attached hydrogen (secondary N) is 2. The van der Waals surface area contributed by atoms with Gasteiger partial charge in [0.1, 0.15) is 5.82 Å². The molecule has 2 N–H and O–H groups in total. The Morgan fingerprint density at radius 1 is 1.31 bits per heavy atom. The number of hydrogen-bond donors (Lipinski definition) is 2. The van der Waals surface area contributed by atoms with E-state index in [1.807, 2.05) is 13.0 Å². The van der Waals surface area contributed by atoms with Gasteiger partial charge in [-0.05, 0) is 36.2 Å². The van der Waals surface area contributed by atoms with Crippen molar-refractivity contribution in [3.05, 3.63) is 53.1 Å². The fourth-order valence-corrected chi connectivity index (χ4v) is 1.55. The highest BCUT2D eigenvalue weighted by atomic mass is 19.1. The molecular formula is C12H14FN3. The van der Waals surface area contributed by atoms with Crippen LogP contribution in [0.1, 0.15) is 16.8 Å². The fraction of sp³-hybridized carbons (Fsp3) is 0.250. The Morgan fingerprint density at radius 2 is 2.19 bits per heavy atom. The second-order valence-electron chi connectivity index (χ2n) is 3.76. The van der Waals surface area contributed by atoms with Crippen LogP contribution in [0.2, 0.25) is 0 Å². The van der Waals surface area contributed by atoms with E-state index in [1.54, 1.807) is 18.3 Å². The summed E-state index contributed by atoms with van der Waals surface area (Å²) in [4.78, 5) is 0. The van der Waals surface area contributed by atoms with Crippen LogP contribution in [0, 0.1) is 12.7 Å². The van der Waals surface area contributed by atoms with E-state index >= 15 is 0 Å². The Morgan fingerprint density at radius 3 is 2.94 bits per heavy atom. The van der Waals surface area contributed by atoms with Gasteiger partial charge in [-0.3, -0.25) is 5.10 Å². The molecule has 84 valence electrons. The van der Waals surface area contributed by atoms with E-state index in [2.05, 4.69) is 15.5 Å². The van der Waals surface area contributed by atoms with E-state index in [0.29, 0.717) is 13.1 Å². The maximum absolute atomic E-state index is 13.0. The zero-order valence-corrected chi connectivity index (χ0v) is 9.13. The Kier molecular flexibility index (Phi) is 3.31. The van der Waals surface area contributed by atoms with E-state index in [-0.39, 0.29) is 5.82 Å². The van der Waals surface area contributed by atoms with Crippen molar-refractivity contribution < 1.29 is 4.39 Å². The summed E-state index contributed by atoms with van der Waals surface area (Å²) < 4.78 is 13.0. The number of H-pyrrole nitrogens is 1. The monoisotopic (exact) mass is 219 g/mol. The van der Waals surface area contributed by atoms with Crippen LogP contribution in [0.4, 0.5) is 4.39 Å². The number of rotatable bonds is 4. The molecule has 1 aromatic heterocycles. The number of aromatic amines is 1. The number of aryl methyl sites for hydroxylation is 1. The number of benzene rings is 1. The van der Waals surface area contributed by atoms with Crippen LogP contribution in [0.25, 0.3) is 0 Å². The Hall–Kier alpha value is -1.68. The molecule has 16 heavy (non-hydrogen) atoms. The van der Waals surface area contributed by atoms with E-state index in [4.69, 9.17) is 0 Å². The molecule has 0 bridgehead atoms. The molecule has 0 atom stereocenters. The first-order chi connectivity index (χ1) is 7.75. The molecule has 3 nitrogen and oxygen atoms in total. The number of halogens is 1. The summed E-state index contributed by atoms with van der Waals surface area (Å²) in [5.74, 6) is -0.191. The van der Waals surface area contributed by atoms with Crippen molar-refractivity contribution in [1.82, 2.24) is 15.5 Å². The SMILES string of the molecule is Cc1ccc(F)cc1CNCc1ccn[nH]1. The van der Waals surface area contributed by atoms with Crippen LogP contribution in [0.3, 0.4) is 0 Å². The minimum absolute atomic E-state index is 0.191. The molecule has 0 saturated carbocycles. The number of aromatic nitrogens is 2. The summed E-state index contributed by atoms with van der Waals surface area (Å²) in [5, 5.41) is 9.95. The van der Waals surface area contributed by atoms with Gasteiger partial charge in [0.15, 0.2) is 0 Å². The summed E-state index contributed by atoms with van der Waals surface area (Å²) in [6.45, 7) is 3.34. The van der Waals surface area contributed by atoms with E-state index < -0.39 is 0 Å². The van der Waals surface area contributed by atoms with Gasteiger partial charge in [0.2, 0.25) is 0 Å². The van der Waals surface area contributed by atoms with Gasteiger partial charge in [-0.15, -0.1) is 0 Å². The zero-order chi connectivity index (χ0) is 11.4. The molecule has 0 radical (unpaired) electrons. The fourth-order valence-electron chi connectivity index (χ4n) is 1.55. The zero-order valence-electron chi connectivity index (χ0n) is 9.13. The van der Waals surface area contributed by atoms with E-state index in [1.165, 1.54) is 6.07 Å². The van der Waals surface area contributed by atoms with Gasteiger partial charge in [0.25, 0.3) is 0 Å². The lowest BCUT2D eigenvalue weighted by Crippen LogP contribution is -2.14. The maximum Gasteiger partial charge on any atom is 0.123 e. The lowest BCUT2D eigenvalue weighted by molar-refractivity contribution is 0.617. The summed E-state index contributed by atoms with van der Waals surface area (Å²) in [7, 11) is 0. The first-order valence-electron chi connectivity index (χ1n) is 5.20. The molecule has 0 saturated heterocycles. The van der Waals surface area contributed by atoms with Crippen molar-refractivity contribution in [1.29, 1.82) is 0 Å². The van der Waals surface area contributed by atoms with Crippen LogP contribution in [-0.2, 0) is 13.1 Å². The quantitative estimate of drug-likeness (QED) is 0.827. The second kappa shape index (κ2) is 4.90. The largest absolute Gasteiger partial charge is 0.307 e. The molecule has 0 aliphatic heterocycles. The molecule has 0 amide bonds. The topological polar surface area (TPSA) is 40.7 Å². The average molecular weight is 219 g/mol. The molecule has 0 spiro atoms. The third-order valence-corrected chi connectivity index (χ3v) is 2.50. The first kappa shape index (κ1) is 10.8. The Labute approximate surface area is 93.7 Å². The van der Waals surface area contributed by atoms with Crippen LogP contribution in [0.15, 0.2) is 30.5 Å². The van der Waals surface area contributed by atoms with Gasteiger partial charge in [-0.25, -0.2) is 4.39 Å². The van der Waals surface area contributed by atoms with Crippen molar-refractivity contribution >= 4 is 0 Å². The number of nitrogens with zero attached hydrogens (tertiary/aromatic N) is 1. The smallest absolute Gasteiger partial charge is 0.123 e. The summed E-state index contributed by atoms with van der Waals surface area (Å²) in [6.07, 6.45) is 1.71. The highest BCUT2D eigenvalue weighted by Crippen LogP contribution is 2.09. The lowest BCUT2D eigenvalue weighted by atomic mass is 10.1. The molecule has 0 fully saturated rings. The average Bonchev–Trinajstić information content (AvgIpc) is 2.76.